The van der Waals surface area contributed by atoms with E-state index in [0.29, 0.717) is 0 Å². The molecule has 82 valence electrons. The van der Waals surface area contributed by atoms with Crippen LogP contribution in [0.2, 0.25) is 0 Å². The second-order valence-corrected chi connectivity index (χ2v) is 2.22. The average Bonchev–Trinajstić information content (AvgIpc) is 2.08. The number of nitrogens with two attached hydrogens (primary N) is 2. The molecule has 0 bridgehead atoms. The largest absolute Gasteiger partial charge is 0.503 e. The van der Waals surface area contributed by atoms with Gasteiger partial charge in [-0.2, -0.15) is 0 Å². The van der Waals surface area contributed by atoms with Gasteiger partial charge in [-0.1, -0.05) is 0 Å². The van der Waals surface area contributed by atoms with Crippen molar-refractivity contribution in [2.45, 2.75) is 0 Å². The first-order valence-corrected chi connectivity index (χ1v) is 2.97. The van der Waals surface area contributed by atoms with Crippen LogP contribution in [0.15, 0.2) is 0 Å². The van der Waals surface area contributed by atoms with E-state index in [2.05, 4.69) is 0 Å². The Kier molecular flexibility index (Phi) is 5.10. The van der Waals surface area contributed by atoms with Gasteiger partial charge in [-0.25, -0.2) is 0 Å². The molecule has 0 aliphatic carbocycles. The third-order valence-corrected chi connectivity index (χ3v) is 1.47. The Bertz CT molecular complexity index is 240. The van der Waals surface area contributed by atoms with Crippen LogP contribution in [0.3, 0.4) is 0 Å². The lowest BCUT2D eigenvalue weighted by Crippen LogP contribution is -1.93. The highest BCUT2D eigenvalue weighted by Gasteiger charge is 2.18. The van der Waals surface area contributed by atoms with Gasteiger partial charge in [-0.3, -0.25) is 0 Å². The number of hydrogen-bond donors (Lipinski definition) is 6. The molecule has 0 aromatic heterocycles. The summed E-state index contributed by atoms with van der Waals surface area (Å²) in [6.07, 6.45) is 0. The number of phenols is 4. The van der Waals surface area contributed by atoms with Crippen molar-refractivity contribution in [3.05, 3.63) is 0 Å². The summed E-state index contributed by atoms with van der Waals surface area (Å²) in [6.45, 7) is 0. The molecule has 1 rings (SSSR count). The highest BCUT2D eigenvalue weighted by atomic mass is 35.5. The molecule has 0 aliphatic heterocycles. The lowest BCUT2D eigenvalue weighted by Gasteiger charge is -2.08. The fraction of sp³-hybridized carbons (Fsp3) is 0. The van der Waals surface area contributed by atoms with Crippen molar-refractivity contribution in [3.8, 4) is 23.0 Å². The van der Waals surface area contributed by atoms with Gasteiger partial charge in [0.15, 0.2) is 23.0 Å². The van der Waals surface area contributed by atoms with Crippen molar-refractivity contribution in [3.63, 3.8) is 0 Å². The lowest BCUT2D eigenvalue weighted by molar-refractivity contribution is 0.380. The molecule has 14 heavy (non-hydrogen) atoms. The number of rotatable bonds is 0. The summed E-state index contributed by atoms with van der Waals surface area (Å²) in [5, 5.41) is 35.9. The Morgan fingerprint density at radius 2 is 0.714 bits per heavy atom. The number of benzene rings is 1. The Hall–Kier alpha value is -1.40. The molecule has 8 N–H and O–H groups in total. The normalized spacial score (nSPS) is 8.57. The van der Waals surface area contributed by atoms with Crippen molar-refractivity contribution in [1.82, 2.24) is 0 Å². The fourth-order valence-corrected chi connectivity index (χ4v) is 0.735. The summed E-state index contributed by atoms with van der Waals surface area (Å²) >= 11 is 0. The van der Waals surface area contributed by atoms with E-state index in [-0.39, 0.29) is 24.8 Å². The molecule has 0 spiro atoms. The monoisotopic (exact) mass is 244 g/mol. The van der Waals surface area contributed by atoms with Crippen LogP contribution in [0.5, 0.6) is 23.0 Å². The summed E-state index contributed by atoms with van der Waals surface area (Å²) in [6, 6.07) is 0. The first-order valence-electron chi connectivity index (χ1n) is 2.97. The summed E-state index contributed by atoms with van der Waals surface area (Å²) in [7, 11) is 0. The predicted octanol–water partition coefficient (Wildman–Crippen LogP) is 0.517. The molecule has 8 heteroatoms. The first kappa shape index (κ1) is 15.1. The summed E-state index contributed by atoms with van der Waals surface area (Å²) in [5.74, 6) is -2.99. The third-order valence-electron chi connectivity index (χ3n) is 1.47. The Labute approximate surface area is 91.6 Å². The van der Waals surface area contributed by atoms with E-state index in [1.807, 2.05) is 0 Å². The van der Waals surface area contributed by atoms with Crippen LogP contribution in [0.1, 0.15) is 0 Å². The molecule has 0 aliphatic rings. The number of hydrogen-bond acceptors (Lipinski definition) is 6. The zero-order valence-electron chi connectivity index (χ0n) is 6.76. The Balaban J connectivity index is 0. The summed E-state index contributed by atoms with van der Waals surface area (Å²) in [4.78, 5) is 0. The van der Waals surface area contributed by atoms with Crippen LogP contribution < -0.4 is 11.5 Å². The van der Waals surface area contributed by atoms with Gasteiger partial charge in [0.05, 0.1) is 0 Å². The highest BCUT2D eigenvalue weighted by Crippen LogP contribution is 2.49. The van der Waals surface area contributed by atoms with Crippen molar-refractivity contribution in [2.24, 2.45) is 0 Å². The minimum Gasteiger partial charge on any atom is -0.503 e. The minimum atomic E-state index is -0.747. The number of halogens is 2. The van der Waals surface area contributed by atoms with Crippen LogP contribution >= 0.6 is 24.8 Å². The Morgan fingerprint density at radius 3 is 0.857 bits per heavy atom. The molecule has 0 amide bonds. The molecular formula is C6H10Cl2N2O4. The molecule has 0 atom stereocenters. The smallest absolute Gasteiger partial charge is 0.187 e. The highest BCUT2D eigenvalue weighted by molar-refractivity contribution is 5.85. The van der Waals surface area contributed by atoms with E-state index in [0.717, 1.165) is 0 Å². The topological polar surface area (TPSA) is 133 Å². The van der Waals surface area contributed by atoms with Crippen LogP contribution in [-0.4, -0.2) is 20.4 Å². The maximum absolute atomic E-state index is 8.97. The molecule has 1 aromatic rings. The third kappa shape index (κ3) is 1.91. The van der Waals surface area contributed by atoms with Crippen molar-refractivity contribution in [1.29, 1.82) is 0 Å². The van der Waals surface area contributed by atoms with E-state index in [1.165, 1.54) is 0 Å². The fourth-order valence-electron chi connectivity index (χ4n) is 0.735. The number of nitrogen functional groups attached to an aromatic ring is 2. The SMILES string of the molecule is Cl.Cl.Nc1c(O)c(O)c(N)c(O)c1O. The van der Waals surface area contributed by atoms with E-state index >= 15 is 0 Å². The minimum absolute atomic E-state index is 0. The van der Waals surface area contributed by atoms with E-state index in [4.69, 9.17) is 31.9 Å². The zero-order chi connectivity index (χ0) is 9.46. The molecular weight excluding hydrogens is 235 g/mol. The standard InChI is InChI=1S/C6H8N2O4.2ClH/c7-1-3(9)5(11)2(8)6(12)4(1)10;;/h9-12H,7-8H2;2*1H. The van der Waals surface area contributed by atoms with Gasteiger partial charge in [0.25, 0.3) is 0 Å². The van der Waals surface area contributed by atoms with Crippen molar-refractivity contribution in [2.75, 3.05) is 11.5 Å². The van der Waals surface area contributed by atoms with Crippen LogP contribution in [0, 0.1) is 0 Å². The number of anilines is 2. The van der Waals surface area contributed by atoms with E-state index in [9.17, 15) is 0 Å². The van der Waals surface area contributed by atoms with Crippen molar-refractivity contribution >= 4 is 36.2 Å². The Morgan fingerprint density at radius 1 is 0.571 bits per heavy atom. The van der Waals surface area contributed by atoms with E-state index in [1.54, 1.807) is 0 Å². The van der Waals surface area contributed by atoms with Crippen LogP contribution in [0.25, 0.3) is 0 Å². The molecule has 0 saturated carbocycles. The van der Waals surface area contributed by atoms with Crippen molar-refractivity contribution < 1.29 is 20.4 Å². The van der Waals surface area contributed by atoms with Crippen LogP contribution in [0.4, 0.5) is 11.4 Å². The molecule has 0 radical (unpaired) electrons. The summed E-state index contributed by atoms with van der Waals surface area (Å²) in [5.41, 5.74) is 9.12. The molecule has 1 aromatic carbocycles. The molecule has 0 fully saturated rings. The number of phenolic OH excluding ortho intramolecular Hbond substituents is 4. The zero-order valence-corrected chi connectivity index (χ0v) is 8.39. The maximum Gasteiger partial charge on any atom is 0.187 e. The van der Waals surface area contributed by atoms with Gasteiger partial charge in [0.2, 0.25) is 0 Å². The molecule has 0 unspecified atom stereocenters. The quantitative estimate of drug-likeness (QED) is 0.224. The average molecular weight is 245 g/mol. The van der Waals surface area contributed by atoms with Crippen LogP contribution in [-0.2, 0) is 0 Å². The predicted molar refractivity (Wildman–Crippen MR) is 56.4 cm³/mol. The van der Waals surface area contributed by atoms with Gasteiger partial charge in [0.1, 0.15) is 11.4 Å². The molecule has 0 heterocycles. The molecule has 0 saturated heterocycles. The van der Waals surface area contributed by atoms with E-state index < -0.39 is 34.4 Å². The summed E-state index contributed by atoms with van der Waals surface area (Å²) < 4.78 is 0. The second-order valence-electron chi connectivity index (χ2n) is 2.22. The second kappa shape index (κ2) is 4.73. The van der Waals surface area contributed by atoms with Gasteiger partial charge >= 0.3 is 0 Å². The lowest BCUT2D eigenvalue weighted by atomic mass is 10.2. The maximum atomic E-state index is 8.97. The number of aromatic hydroxyl groups is 4. The van der Waals surface area contributed by atoms with Gasteiger partial charge in [-0.15, -0.1) is 24.8 Å². The van der Waals surface area contributed by atoms with Gasteiger partial charge in [0, 0.05) is 0 Å². The van der Waals surface area contributed by atoms with Gasteiger partial charge in [-0.05, 0) is 0 Å². The van der Waals surface area contributed by atoms with Gasteiger partial charge < -0.3 is 31.9 Å². The molecule has 6 nitrogen and oxygen atoms in total. The first-order chi connectivity index (χ1) is 5.46.